The Morgan fingerprint density at radius 2 is 1.86 bits per heavy atom. The Kier molecular flexibility index (Phi) is 3.51. The lowest BCUT2D eigenvalue weighted by molar-refractivity contribution is 0.0956. The highest BCUT2D eigenvalue weighted by molar-refractivity contribution is 6.06. The molecule has 1 heterocycles. The van der Waals surface area contributed by atoms with Crippen molar-refractivity contribution in [3.05, 3.63) is 71.9 Å². The van der Waals surface area contributed by atoms with Crippen molar-refractivity contribution in [2.75, 3.05) is 0 Å². The number of rotatable bonds is 3. The molecule has 4 heteroatoms. The summed E-state index contributed by atoms with van der Waals surface area (Å²) < 4.78 is 0. The molecule has 1 amide bonds. The molecule has 0 bridgehead atoms. The molecule has 0 spiro atoms. The number of nitrogens with one attached hydrogen (secondary N) is 2. The summed E-state index contributed by atoms with van der Waals surface area (Å²) in [5, 5.41) is 5.17. The van der Waals surface area contributed by atoms with Gasteiger partial charge in [-0.25, -0.2) is 5.43 Å². The third-order valence-electron chi connectivity index (χ3n) is 3.35. The molecule has 3 aromatic rings. The van der Waals surface area contributed by atoms with E-state index in [4.69, 9.17) is 0 Å². The van der Waals surface area contributed by atoms with Crippen molar-refractivity contribution in [2.24, 2.45) is 5.10 Å². The lowest BCUT2D eigenvalue weighted by Crippen LogP contribution is -2.19. The van der Waals surface area contributed by atoms with Crippen LogP contribution in [0.4, 0.5) is 0 Å². The SMILES string of the molecule is C/C(=N/NC(=O)c1cccc2cc[nH]c12)c1ccccc1. The molecule has 4 nitrogen and oxygen atoms in total. The van der Waals surface area contributed by atoms with Crippen LogP contribution in [0.15, 0.2) is 65.9 Å². The molecule has 0 fully saturated rings. The van der Waals surface area contributed by atoms with Crippen LogP contribution < -0.4 is 5.43 Å². The first kappa shape index (κ1) is 13.1. The largest absolute Gasteiger partial charge is 0.361 e. The highest BCUT2D eigenvalue weighted by Gasteiger charge is 2.10. The molecule has 0 saturated heterocycles. The van der Waals surface area contributed by atoms with Gasteiger partial charge in [0.25, 0.3) is 5.91 Å². The van der Waals surface area contributed by atoms with Gasteiger partial charge >= 0.3 is 0 Å². The molecule has 1 aromatic heterocycles. The second-order valence-corrected chi connectivity index (χ2v) is 4.75. The van der Waals surface area contributed by atoms with Crippen LogP contribution in [0.1, 0.15) is 22.8 Å². The first-order valence-corrected chi connectivity index (χ1v) is 6.72. The highest BCUT2D eigenvalue weighted by Crippen LogP contribution is 2.16. The molecule has 21 heavy (non-hydrogen) atoms. The van der Waals surface area contributed by atoms with E-state index in [1.165, 1.54) is 0 Å². The normalized spacial score (nSPS) is 11.6. The van der Waals surface area contributed by atoms with Gasteiger partial charge in [0.15, 0.2) is 0 Å². The Balaban J connectivity index is 1.82. The molecule has 0 aliphatic heterocycles. The van der Waals surface area contributed by atoms with Crippen LogP contribution in [0.5, 0.6) is 0 Å². The van der Waals surface area contributed by atoms with Crippen molar-refractivity contribution < 1.29 is 4.79 Å². The molecule has 0 aliphatic carbocycles. The van der Waals surface area contributed by atoms with Gasteiger partial charge in [0, 0.05) is 11.6 Å². The maximum absolute atomic E-state index is 12.3. The van der Waals surface area contributed by atoms with E-state index in [9.17, 15) is 4.79 Å². The number of aromatic nitrogens is 1. The Hall–Kier alpha value is -2.88. The topological polar surface area (TPSA) is 57.2 Å². The molecule has 104 valence electrons. The number of hydrazone groups is 1. The van der Waals surface area contributed by atoms with E-state index < -0.39 is 0 Å². The van der Waals surface area contributed by atoms with Gasteiger partial charge < -0.3 is 4.98 Å². The molecule has 0 aliphatic rings. The quantitative estimate of drug-likeness (QED) is 0.560. The van der Waals surface area contributed by atoms with E-state index in [2.05, 4.69) is 15.5 Å². The predicted octanol–water partition coefficient (Wildman–Crippen LogP) is 3.32. The molecule has 3 rings (SSSR count). The molecule has 0 unspecified atom stereocenters. The fourth-order valence-corrected chi connectivity index (χ4v) is 2.21. The summed E-state index contributed by atoms with van der Waals surface area (Å²) in [6.07, 6.45) is 1.82. The first-order chi connectivity index (χ1) is 10.3. The van der Waals surface area contributed by atoms with Gasteiger partial charge in [-0.1, -0.05) is 42.5 Å². The molecule has 0 radical (unpaired) electrons. The number of fused-ring (bicyclic) bond motifs is 1. The average molecular weight is 277 g/mol. The zero-order valence-electron chi connectivity index (χ0n) is 11.6. The smallest absolute Gasteiger partial charge is 0.273 e. The minimum absolute atomic E-state index is 0.224. The number of carbonyl (C=O) groups is 1. The molecular weight excluding hydrogens is 262 g/mol. The number of benzene rings is 2. The zero-order chi connectivity index (χ0) is 14.7. The van der Waals surface area contributed by atoms with Crippen molar-refractivity contribution in [1.82, 2.24) is 10.4 Å². The molecular formula is C17H15N3O. The number of nitrogens with zero attached hydrogens (tertiary/aromatic N) is 1. The second kappa shape index (κ2) is 5.63. The first-order valence-electron chi connectivity index (χ1n) is 6.72. The number of amides is 1. The van der Waals surface area contributed by atoms with Gasteiger partial charge in [0.1, 0.15) is 0 Å². The predicted molar refractivity (Wildman–Crippen MR) is 84.4 cm³/mol. The van der Waals surface area contributed by atoms with E-state index in [1.54, 1.807) is 6.07 Å². The molecule has 2 aromatic carbocycles. The number of hydrogen-bond acceptors (Lipinski definition) is 2. The van der Waals surface area contributed by atoms with Gasteiger partial charge in [0.2, 0.25) is 0 Å². The van der Waals surface area contributed by atoms with Crippen LogP contribution in [0.3, 0.4) is 0 Å². The van der Waals surface area contributed by atoms with Gasteiger partial charge in [-0.3, -0.25) is 4.79 Å². The lowest BCUT2D eigenvalue weighted by Gasteiger charge is -2.04. The Morgan fingerprint density at radius 1 is 1.05 bits per heavy atom. The van der Waals surface area contributed by atoms with Crippen LogP contribution in [0.2, 0.25) is 0 Å². The fraction of sp³-hybridized carbons (Fsp3) is 0.0588. The second-order valence-electron chi connectivity index (χ2n) is 4.75. The molecule has 2 N–H and O–H groups in total. The van der Waals surface area contributed by atoms with Crippen LogP contribution in [0.25, 0.3) is 10.9 Å². The third-order valence-corrected chi connectivity index (χ3v) is 3.35. The van der Waals surface area contributed by atoms with Crippen molar-refractivity contribution >= 4 is 22.5 Å². The summed E-state index contributed by atoms with van der Waals surface area (Å²) in [6.45, 7) is 1.87. The summed E-state index contributed by atoms with van der Waals surface area (Å²) in [6, 6.07) is 17.3. The summed E-state index contributed by atoms with van der Waals surface area (Å²) in [5.74, 6) is -0.224. The average Bonchev–Trinajstić information content (AvgIpc) is 3.01. The van der Waals surface area contributed by atoms with E-state index in [0.717, 1.165) is 22.2 Å². The zero-order valence-corrected chi connectivity index (χ0v) is 11.6. The maximum Gasteiger partial charge on any atom is 0.273 e. The maximum atomic E-state index is 12.3. The Morgan fingerprint density at radius 3 is 2.67 bits per heavy atom. The minimum atomic E-state index is -0.224. The van der Waals surface area contributed by atoms with Crippen molar-refractivity contribution in [1.29, 1.82) is 0 Å². The van der Waals surface area contributed by atoms with Gasteiger partial charge in [-0.2, -0.15) is 5.10 Å². The van der Waals surface area contributed by atoms with Crippen LogP contribution in [-0.4, -0.2) is 16.6 Å². The fourth-order valence-electron chi connectivity index (χ4n) is 2.21. The number of aromatic amines is 1. The van der Waals surface area contributed by atoms with E-state index in [-0.39, 0.29) is 5.91 Å². The van der Waals surface area contributed by atoms with E-state index in [1.807, 2.05) is 61.7 Å². The number of hydrogen-bond donors (Lipinski definition) is 2. The standard InChI is InChI=1S/C17H15N3O/c1-12(13-6-3-2-4-7-13)19-20-17(21)15-9-5-8-14-10-11-18-16(14)15/h2-11,18H,1H3,(H,20,21)/b19-12-. The van der Waals surface area contributed by atoms with Crippen molar-refractivity contribution in [3.8, 4) is 0 Å². The summed E-state index contributed by atoms with van der Waals surface area (Å²) in [4.78, 5) is 15.3. The Bertz CT molecular complexity index is 803. The summed E-state index contributed by atoms with van der Waals surface area (Å²) in [7, 11) is 0. The van der Waals surface area contributed by atoms with Gasteiger partial charge in [0.05, 0.1) is 16.8 Å². The van der Waals surface area contributed by atoms with E-state index in [0.29, 0.717) is 5.56 Å². The third kappa shape index (κ3) is 2.69. The highest BCUT2D eigenvalue weighted by atomic mass is 16.2. The van der Waals surface area contributed by atoms with Crippen LogP contribution in [0, 0.1) is 0 Å². The molecule has 0 atom stereocenters. The van der Waals surface area contributed by atoms with E-state index >= 15 is 0 Å². The molecule has 0 saturated carbocycles. The monoisotopic (exact) mass is 277 g/mol. The van der Waals surface area contributed by atoms with Crippen LogP contribution in [-0.2, 0) is 0 Å². The van der Waals surface area contributed by atoms with Gasteiger partial charge in [-0.05, 0) is 24.6 Å². The van der Waals surface area contributed by atoms with Crippen molar-refractivity contribution in [2.45, 2.75) is 6.92 Å². The lowest BCUT2D eigenvalue weighted by atomic mass is 10.1. The number of carbonyl (C=O) groups excluding carboxylic acids is 1. The van der Waals surface area contributed by atoms with Gasteiger partial charge in [-0.15, -0.1) is 0 Å². The minimum Gasteiger partial charge on any atom is -0.361 e. The van der Waals surface area contributed by atoms with Crippen molar-refractivity contribution in [3.63, 3.8) is 0 Å². The summed E-state index contributed by atoms with van der Waals surface area (Å²) in [5.41, 5.74) is 5.76. The van der Waals surface area contributed by atoms with Crippen LogP contribution >= 0.6 is 0 Å². The Labute approximate surface area is 122 Å². The summed E-state index contributed by atoms with van der Waals surface area (Å²) >= 11 is 0. The number of H-pyrrole nitrogens is 1. The number of para-hydroxylation sites is 1.